The molecule has 0 aliphatic rings. The highest BCUT2D eigenvalue weighted by Gasteiger charge is 2.07. The molecule has 0 spiro atoms. The fourth-order valence-corrected chi connectivity index (χ4v) is 2.23. The van der Waals surface area contributed by atoms with Crippen LogP contribution in [0.4, 0.5) is 17.2 Å². The maximum Gasteiger partial charge on any atom is 0.221 e. The molecule has 6 nitrogen and oxygen atoms in total. The average molecular weight is 320 g/mol. The van der Waals surface area contributed by atoms with Crippen LogP contribution in [-0.4, -0.2) is 29.5 Å². The van der Waals surface area contributed by atoms with Gasteiger partial charge in [0, 0.05) is 26.2 Å². The molecule has 3 N–H and O–H groups in total. The summed E-state index contributed by atoms with van der Waals surface area (Å²) in [6, 6.07) is 7.74. The van der Waals surface area contributed by atoms with Gasteiger partial charge in [-0.1, -0.05) is 23.7 Å². The summed E-state index contributed by atoms with van der Waals surface area (Å²) in [5.41, 5.74) is 2.64. The van der Waals surface area contributed by atoms with E-state index in [9.17, 15) is 4.79 Å². The lowest BCUT2D eigenvalue weighted by atomic mass is 10.1. The Morgan fingerprint density at radius 1 is 1.23 bits per heavy atom. The van der Waals surface area contributed by atoms with E-state index in [-0.39, 0.29) is 5.91 Å². The van der Waals surface area contributed by atoms with Gasteiger partial charge in [0.2, 0.25) is 5.91 Å². The largest absolute Gasteiger partial charge is 0.383 e. The predicted molar refractivity (Wildman–Crippen MR) is 89.5 cm³/mol. The maximum absolute atomic E-state index is 11.0. The van der Waals surface area contributed by atoms with E-state index in [4.69, 9.17) is 11.6 Å². The molecule has 7 heteroatoms. The Labute approximate surface area is 134 Å². The summed E-state index contributed by atoms with van der Waals surface area (Å²) in [5.74, 6) is 0.604. The van der Waals surface area contributed by atoms with Crippen LogP contribution in [0.2, 0.25) is 5.15 Å². The number of carbonyl (C=O) groups is 1. The molecular weight excluding hydrogens is 302 g/mol. The number of nitrogens with one attached hydrogen (secondary N) is 3. The molecule has 0 radical (unpaired) electrons. The number of amides is 1. The minimum absolute atomic E-state index is 0.0744. The maximum atomic E-state index is 11.0. The standard InChI is InChI=1S/C15H18ClN5O/c1-10(22)21-12-5-3-11(4-6-12)7-8-18-15-13(17-2)14(16)19-9-20-15/h3-6,9,17H,7-8H2,1-2H3,(H,21,22)(H,18,19,20). The number of carbonyl (C=O) groups excluding carboxylic acids is 1. The number of hydrogen-bond acceptors (Lipinski definition) is 5. The monoisotopic (exact) mass is 319 g/mol. The number of halogens is 1. The highest BCUT2D eigenvalue weighted by Crippen LogP contribution is 2.25. The third-order valence-corrected chi connectivity index (χ3v) is 3.32. The minimum Gasteiger partial charge on any atom is -0.383 e. The molecule has 116 valence electrons. The fourth-order valence-electron chi connectivity index (χ4n) is 2.00. The van der Waals surface area contributed by atoms with Crippen molar-refractivity contribution in [3.63, 3.8) is 0 Å². The van der Waals surface area contributed by atoms with Crippen LogP contribution in [-0.2, 0) is 11.2 Å². The second-order valence-electron chi connectivity index (χ2n) is 4.69. The summed E-state index contributed by atoms with van der Waals surface area (Å²) in [6.45, 7) is 2.20. The summed E-state index contributed by atoms with van der Waals surface area (Å²) < 4.78 is 0. The van der Waals surface area contributed by atoms with Crippen molar-refractivity contribution in [2.24, 2.45) is 0 Å². The molecule has 0 saturated carbocycles. The zero-order valence-corrected chi connectivity index (χ0v) is 13.2. The zero-order chi connectivity index (χ0) is 15.9. The number of aromatic nitrogens is 2. The molecule has 0 aliphatic carbocycles. The van der Waals surface area contributed by atoms with Gasteiger partial charge in [0.15, 0.2) is 11.0 Å². The van der Waals surface area contributed by atoms with E-state index >= 15 is 0 Å². The molecule has 1 heterocycles. The summed E-state index contributed by atoms with van der Waals surface area (Å²) >= 11 is 6.00. The number of nitrogens with zero attached hydrogens (tertiary/aromatic N) is 2. The topological polar surface area (TPSA) is 78.9 Å². The van der Waals surface area contributed by atoms with Crippen LogP contribution in [0, 0.1) is 0 Å². The summed E-state index contributed by atoms with van der Waals surface area (Å²) in [6.07, 6.45) is 2.25. The van der Waals surface area contributed by atoms with Crippen molar-refractivity contribution in [1.29, 1.82) is 0 Å². The fraction of sp³-hybridized carbons (Fsp3) is 0.267. The summed E-state index contributed by atoms with van der Waals surface area (Å²) in [7, 11) is 1.77. The Bertz CT molecular complexity index is 645. The average Bonchev–Trinajstić information content (AvgIpc) is 2.49. The first kappa shape index (κ1) is 16.0. The van der Waals surface area contributed by atoms with Crippen LogP contribution < -0.4 is 16.0 Å². The van der Waals surface area contributed by atoms with E-state index in [1.165, 1.54) is 13.3 Å². The highest BCUT2D eigenvalue weighted by atomic mass is 35.5. The van der Waals surface area contributed by atoms with Crippen molar-refractivity contribution in [2.45, 2.75) is 13.3 Å². The number of rotatable bonds is 6. The molecule has 0 unspecified atom stereocenters. The molecule has 1 amide bonds. The lowest BCUT2D eigenvalue weighted by Crippen LogP contribution is -2.09. The van der Waals surface area contributed by atoms with Crippen molar-refractivity contribution in [2.75, 3.05) is 29.5 Å². The molecule has 1 aromatic carbocycles. The second kappa shape index (κ2) is 7.61. The van der Waals surface area contributed by atoms with Gasteiger partial charge in [-0.05, 0) is 24.1 Å². The van der Waals surface area contributed by atoms with Crippen molar-refractivity contribution in [1.82, 2.24) is 9.97 Å². The molecule has 0 saturated heterocycles. The van der Waals surface area contributed by atoms with Crippen molar-refractivity contribution in [3.8, 4) is 0 Å². The van der Waals surface area contributed by atoms with Gasteiger partial charge in [-0.25, -0.2) is 9.97 Å². The van der Waals surface area contributed by atoms with E-state index in [0.717, 1.165) is 17.7 Å². The number of hydrogen-bond donors (Lipinski definition) is 3. The van der Waals surface area contributed by atoms with Crippen LogP contribution in [0.1, 0.15) is 12.5 Å². The van der Waals surface area contributed by atoms with Crippen LogP contribution in [0.25, 0.3) is 0 Å². The molecule has 1 aromatic heterocycles. The van der Waals surface area contributed by atoms with Crippen molar-refractivity contribution >= 4 is 34.7 Å². The molecule has 2 aromatic rings. The third kappa shape index (κ3) is 4.33. The van der Waals surface area contributed by atoms with E-state index < -0.39 is 0 Å². The van der Waals surface area contributed by atoms with Crippen LogP contribution in [0.3, 0.4) is 0 Å². The zero-order valence-electron chi connectivity index (χ0n) is 12.5. The normalized spacial score (nSPS) is 10.1. The van der Waals surface area contributed by atoms with Gasteiger partial charge in [-0.15, -0.1) is 0 Å². The van der Waals surface area contributed by atoms with Gasteiger partial charge in [0.25, 0.3) is 0 Å². The Balaban J connectivity index is 1.91. The summed E-state index contributed by atoms with van der Waals surface area (Å²) in [4.78, 5) is 19.1. The molecular formula is C15H18ClN5O. The smallest absolute Gasteiger partial charge is 0.221 e. The SMILES string of the molecule is CNc1c(Cl)ncnc1NCCc1ccc(NC(C)=O)cc1. The van der Waals surface area contributed by atoms with E-state index in [0.29, 0.717) is 23.2 Å². The van der Waals surface area contributed by atoms with Crippen molar-refractivity contribution < 1.29 is 4.79 Å². The molecule has 2 rings (SSSR count). The van der Waals surface area contributed by atoms with E-state index in [1.807, 2.05) is 24.3 Å². The number of anilines is 3. The molecule has 0 atom stereocenters. The predicted octanol–water partition coefficient (Wildman–Crippen LogP) is 2.78. The van der Waals surface area contributed by atoms with Gasteiger partial charge in [-0.3, -0.25) is 4.79 Å². The molecule has 0 aliphatic heterocycles. The first-order chi connectivity index (χ1) is 10.6. The van der Waals surface area contributed by atoms with E-state index in [2.05, 4.69) is 25.9 Å². The lowest BCUT2D eigenvalue weighted by Gasteiger charge is -2.11. The van der Waals surface area contributed by atoms with Crippen LogP contribution in [0.15, 0.2) is 30.6 Å². The minimum atomic E-state index is -0.0744. The lowest BCUT2D eigenvalue weighted by molar-refractivity contribution is -0.114. The van der Waals surface area contributed by atoms with Gasteiger partial charge in [-0.2, -0.15) is 0 Å². The van der Waals surface area contributed by atoms with Gasteiger partial charge >= 0.3 is 0 Å². The Morgan fingerprint density at radius 3 is 2.59 bits per heavy atom. The number of benzene rings is 1. The Morgan fingerprint density at radius 2 is 1.95 bits per heavy atom. The first-order valence-corrected chi connectivity index (χ1v) is 7.26. The Kier molecular flexibility index (Phi) is 5.55. The van der Waals surface area contributed by atoms with Gasteiger partial charge < -0.3 is 16.0 Å². The van der Waals surface area contributed by atoms with Gasteiger partial charge in [0.05, 0.1) is 0 Å². The van der Waals surface area contributed by atoms with Crippen LogP contribution >= 0.6 is 11.6 Å². The van der Waals surface area contributed by atoms with E-state index in [1.54, 1.807) is 7.05 Å². The highest BCUT2D eigenvalue weighted by molar-refractivity contribution is 6.32. The second-order valence-corrected chi connectivity index (χ2v) is 5.05. The first-order valence-electron chi connectivity index (χ1n) is 6.89. The molecule has 0 fully saturated rings. The molecule has 22 heavy (non-hydrogen) atoms. The summed E-state index contributed by atoms with van der Waals surface area (Å²) in [5, 5.41) is 9.34. The van der Waals surface area contributed by atoms with Crippen molar-refractivity contribution in [3.05, 3.63) is 41.3 Å². The van der Waals surface area contributed by atoms with Crippen LogP contribution in [0.5, 0.6) is 0 Å². The third-order valence-electron chi connectivity index (χ3n) is 3.03. The quantitative estimate of drug-likeness (QED) is 0.714. The van der Waals surface area contributed by atoms with Gasteiger partial charge in [0.1, 0.15) is 12.0 Å². The molecule has 0 bridgehead atoms. The Hall–Kier alpha value is -2.34.